The molecule has 2 heterocycles. The molecule has 2 aliphatic rings. The average Bonchev–Trinajstić information content (AvgIpc) is 3.18. The minimum atomic E-state index is -0.777. The van der Waals surface area contributed by atoms with Crippen molar-refractivity contribution in [1.82, 2.24) is 9.88 Å². The van der Waals surface area contributed by atoms with Gasteiger partial charge in [-0.15, -0.1) is 11.3 Å². The molecule has 0 spiro atoms. The molecule has 1 saturated heterocycles. The molecule has 1 aromatic heterocycles. The summed E-state index contributed by atoms with van der Waals surface area (Å²) in [4.78, 5) is 34.4. The maximum atomic E-state index is 13.8. The fourth-order valence-corrected chi connectivity index (χ4v) is 5.15. The first kappa shape index (κ1) is 20.7. The van der Waals surface area contributed by atoms with Gasteiger partial charge in [-0.2, -0.15) is 0 Å². The van der Waals surface area contributed by atoms with Crippen molar-refractivity contribution in [1.29, 1.82) is 0 Å². The Bertz CT molecular complexity index is 956. The Morgan fingerprint density at radius 2 is 2.00 bits per heavy atom. The molecule has 1 atom stereocenters. The van der Waals surface area contributed by atoms with Crippen molar-refractivity contribution >= 4 is 34.0 Å². The molecular formula is C21H24F2N4O2S. The van der Waals surface area contributed by atoms with Gasteiger partial charge in [-0.3, -0.25) is 9.59 Å². The van der Waals surface area contributed by atoms with Gasteiger partial charge in [0.2, 0.25) is 11.8 Å². The van der Waals surface area contributed by atoms with Crippen molar-refractivity contribution in [3.8, 4) is 0 Å². The maximum absolute atomic E-state index is 13.8. The molecular weight excluding hydrogens is 410 g/mol. The van der Waals surface area contributed by atoms with E-state index >= 15 is 0 Å². The fraction of sp³-hybridized carbons (Fsp3) is 0.476. The van der Waals surface area contributed by atoms with Crippen LogP contribution in [0.5, 0.6) is 0 Å². The topological polar surface area (TPSA) is 65.5 Å². The number of aryl methyl sites for hydroxylation is 1. The zero-order chi connectivity index (χ0) is 21.3. The summed E-state index contributed by atoms with van der Waals surface area (Å²) < 4.78 is 26.9. The van der Waals surface area contributed by atoms with E-state index in [9.17, 15) is 18.4 Å². The SMILES string of the molecule is CCC(=O)N1CCN(c2nc3c(s2)C[C@H](C(=O)Nc2ccc(F)cc2F)CC3)CC1. The molecule has 0 bridgehead atoms. The van der Waals surface area contributed by atoms with Crippen LogP contribution in [0.3, 0.4) is 0 Å². The summed E-state index contributed by atoms with van der Waals surface area (Å²) in [6.45, 7) is 4.79. The number of anilines is 2. The quantitative estimate of drug-likeness (QED) is 0.803. The third-order valence-corrected chi connectivity index (χ3v) is 6.87. The lowest BCUT2D eigenvalue weighted by atomic mass is 9.90. The third-order valence-electron chi connectivity index (χ3n) is 5.69. The number of halogens is 2. The van der Waals surface area contributed by atoms with E-state index in [1.165, 1.54) is 6.07 Å². The third kappa shape index (κ3) is 4.30. The van der Waals surface area contributed by atoms with E-state index < -0.39 is 11.6 Å². The lowest BCUT2D eigenvalue weighted by Gasteiger charge is -2.34. The lowest BCUT2D eigenvalue weighted by Crippen LogP contribution is -2.48. The van der Waals surface area contributed by atoms with Crippen molar-refractivity contribution in [2.45, 2.75) is 32.6 Å². The van der Waals surface area contributed by atoms with Crippen LogP contribution in [0.1, 0.15) is 30.3 Å². The average molecular weight is 435 g/mol. The Hall–Kier alpha value is -2.55. The number of rotatable bonds is 4. The van der Waals surface area contributed by atoms with Crippen LogP contribution in [0.25, 0.3) is 0 Å². The summed E-state index contributed by atoms with van der Waals surface area (Å²) >= 11 is 1.60. The van der Waals surface area contributed by atoms with Gasteiger partial charge in [0, 0.05) is 49.5 Å². The van der Waals surface area contributed by atoms with Gasteiger partial charge >= 0.3 is 0 Å². The van der Waals surface area contributed by atoms with Crippen LogP contribution in [0.2, 0.25) is 0 Å². The van der Waals surface area contributed by atoms with E-state index in [4.69, 9.17) is 4.98 Å². The Labute approximate surface area is 177 Å². The molecule has 1 aliphatic carbocycles. The van der Waals surface area contributed by atoms with Crippen molar-refractivity contribution in [3.05, 3.63) is 40.4 Å². The van der Waals surface area contributed by atoms with E-state index in [0.29, 0.717) is 38.8 Å². The highest BCUT2D eigenvalue weighted by Crippen LogP contribution is 2.35. The van der Waals surface area contributed by atoms with Gasteiger partial charge in [0.1, 0.15) is 11.6 Å². The Balaban J connectivity index is 1.38. The highest BCUT2D eigenvalue weighted by molar-refractivity contribution is 7.15. The molecule has 1 fully saturated rings. The monoisotopic (exact) mass is 434 g/mol. The first-order chi connectivity index (χ1) is 14.4. The number of carbonyl (C=O) groups is 2. The van der Waals surface area contributed by atoms with Crippen LogP contribution in [0, 0.1) is 17.6 Å². The minimum absolute atomic E-state index is 0.00307. The molecule has 6 nitrogen and oxygen atoms in total. The molecule has 1 N–H and O–H groups in total. The van der Waals surface area contributed by atoms with Crippen LogP contribution < -0.4 is 10.2 Å². The number of carbonyl (C=O) groups excluding carboxylic acids is 2. The van der Waals surface area contributed by atoms with Crippen LogP contribution in [-0.2, 0) is 22.4 Å². The molecule has 0 unspecified atom stereocenters. The highest BCUT2D eigenvalue weighted by Gasteiger charge is 2.30. The minimum Gasteiger partial charge on any atom is -0.345 e. The van der Waals surface area contributed by atoms with Crippen molar-refractivity contribution in [3.63, 3.8) is 0 Å². The van der Waals surface area contributed by atoms with Crippen molar-refractivity contribution < 1.29 is 18.4 Å². The number of nitrogens with zero attached hydrogens (tertiary/aromatic N) is 3. The number of benzene rings is 1. The summed E-state index contributed by atoms with van der Waals surface area (Å²) in [5.41, 5.74) is 1.02. The molecule has 1 aromatic carbocycles. The number of aromatic nitrogens is 1. The molecule has 1 aliphatic heterocycles. The molecule has 0 saturated carbocycles. The highest BCUT2D eigenvalue weighted by atomic mass is 32.1. The van der Waals surface area contributed by atoms with Gasteiger partial charge in [-0.25, -0.2) is 13.8 Å². The molecule has 30 heavy (non-hydrogen) atoms. The van der Waals surface area contributed by atoms with Gasteiger partial charge < -0.3 is 15.1 Å². The Morgan fingerprint density at radius 1 is 1.23 bits per heavy atom. The maximum Gasteiger partial charge on any atom is 0.227 e. The number of hydrogen-bond donors (Lipinski definition) is 1. The number of piperazine rings is 1. The number of fused-ring (bicyclic) bond motifs is 1. The molecule has 2 aromatic rings. The van der Waals surface area contributed by atoms with Crippen LogP contribution in [-0.4, -0.2) is 47.9 Å². The standard InChI is InChI=1S/C21H24F2N4O2S/c1-2-19(28)26-7-9-27(10-8-26)21-25-17-5-3-13(11-18(17)30-21)20(29)24-16-6-4-14(22)12-15(16)23/h4,6,12-13H,2-3,5,7-11H2,1H3,(H,24,29)/t13-/m1/s1. The lowest BCUT2D eigenvalue weighted by molar-refractivity contribution is -0.131. The summed E-state index contributed by atoms with van der Waals surface area (Å²) in [5, 5.41) is 3.52. The summed E-state index contributed by atoms with van der Waals surface area (Å²) in [6.07, 6.45) is 2.43. The molecule has 9 heteroatoms. The molecule has 0 radical (unpaired) electrons. The zero-order valence-electron chi connectivity index (χ0n) is 16.8. The summed E-state index contributed by atoms with van der Waals surface area (Å²) in [6, 6.07) is 3.13. The number of thiazole rings is 1. The van der Waals surface area contributed by atoms with Gasteiger partial charge in [-0.05, 0) is 31.4 Å². The summed E-state index contributed by atoms with van der Waals surface area (Å²) in [7, 11) is 0. The van der Waals surface area contributed by atoms with Crippen LogP contribution in [0.4, 0.5) is 19.6 Å². The van der Waals surface area contributed by atoms with E-state index in [1.807, 2.05) is 11.8 Å². The van der Waals surface area contributed by atoms with E-state index in [-0.39, 0.29) is 23.4 Å². The number of nitrogens with one attached hydrogen (secondary N) is 1. The molecule has 4 rings (SSSR count). The Kier molecular flexibility index (Phi) is 5.99. The predicted octanol–water partition coefficient (Wildman–Crippen LogP) is 3.22. The van der Waals surface area contributed by atoms with Crippen molar-refractivity contribution in [2.75, 3.05) is 36.4 Å². The fourth-order valence-electron chi connectivity index (χ4n) is 3.92. The second kappa shape index (κ2) is 8.67. The first-order valence-corrected chi connectivity index (χ1v) is 11.0. The first-order valence-electron chi connectivity index (χ1n) is 10.2. The second-order valence-electron chi connectivity index (χ2n) is 7.64. The van der Waals surface area contributed by atoms with Gasteiger partial charge in [0.05, 0.1) is 11.4 Å². The normalized spacial score (nSPS) is 18.8. The van der Waals surface area contributed by atoms with E-state index in [0.717, 1.165) is 40.9 Å². The summed E-state index contributed by atoms with van der Waals surface area (Å²) in [5.74, 6) is -1.80. The molecule has 2 amide bonds. The van der Waals surface area contributed by atoms with E-state index in [1.54, 1.807) is 11.3 Å². The number of amides is 2. The van der Waals surface area contributed by atoms with Gasteiger partial charge in [0.15, 0.2) is 5.13 Å². The van der Waals surface area contributed by atoms with Gasteiger partial charge in [-0.1, -0.05) is 6.92 Å². The van der Waals surface area contributed by atoms with Crippen molar-refractivity contribution in [2.24, 2.45) is 5.92 Å². The largest absolute Gasteiger partial charge is 0.345 e. The molecule has 160 valence electrons. The van der Waals surface area contributed by atoms with Crippen LogP contribution >= 0.6 is 11.3 Å². The predicted molar refractivity (Wildman–Crippen MR) is 112 cm³/mol. The zero-order valence-corrected chi connectivity index (χ0v) is 17.6. The number of hydrogen-bond acceptors (Lipinski definition) is 5. The van der Waals surface area contributed by atoms with Gasteiger partial charge in [0.25, 0.3) is 0 Å². The van der Waals surface area contributed by atoms with Crippen LogP contribution in [0.15, 0.2) is 18.2 Å². The second-order valence-corrected chi connectivity index (χ2v) is 8.70. The Morgan fingerprint density at radius 3 is 2.70 bits per heavy atom. The smallest absolute Gasteiger partial charge is 0.227 e. The van der Waals surface area contributed by atoms with E-state index in [2.05, 4.69) is 10.2 Å².